The van der Waals surface area contributed by atoms with Crippen LogP contribution in [0.25, 0.3) is 0 Å². The number of anilines is 2. The van der Waals surface area contributed by atoms with Crippen molar-refractivity contribution in [2.24, 2.45) is 11.8 Å². The Kier molecular flexibility index (Phi) is 6.12. The first-order valence-corrected chi connectivity index (χ1v) is 11.7. The number of fused-ring (bicyclic) bond motifs is 1. The van der Waals surface area contributed by atoms with E-state index in [1.807, 2.05) is 30.3 Å². The van der Waals surface area contributed by atoms with Gasteiger partial charge < -0.3 is 5.32 Å². The lowest BCUT2D eigenvalue weighted by molar-refractivity contribution is -0.137. The van der Waals surface area contributed by atoms with E-state index in [1.54, 1.807) is 6.07 Å². The van der Waals surface area contributed by atoms with E-state index in [9.17, 15) is 27.6 Å². The van der Waals surface area contributed by atoms with E-state index in [-0.39, 0.29) is 34.7 Å². The maximum Gasteiger partial charge on any atom is 0.418 e. The Morgan fingerprint density at radius 2 is 1.53 bits per heavy atom. The molecule has 0 spiro atoms. The maximum atomic E-state index is 13.3. The fraction of sp³-hybridized carbons (Fsp3) is 0.250. The SMILES string of the molecule is O=C(Nc1ccccc1C(F)(F)F)c1cccc(N2C(=O)[C@H]3CC[C@H](c4ccccc4)C[C@@H]3C2=O)c1. The van der Waals surface area contributed by atoms with Crippen molar-refractivity contribution in [3.05, 3.63) is 95.6 Å². The molecule has 184 valence electrons. The van der Waals surface area contributed by atoms with Gasteiger partial charge in [-0.05, 0) is 61.1 Å². The zero-order chi connectivity index (χ0) is 25.4. The maximum absolute atomic E-state index is 13.3. The zero-order valence-corrected chi connectivity index (χ0v) is 19.2. The molecule has 2 aliphatic rings. The molecule has 1 saturated heterocycles. The minimum Gasteiger partial charge on any atom is -0.321 e. The number of nitrogens with zero attached hydrogens (tertiary/aromatic N) is 1. The summed E-state index contributed by atoms with van der Waals surface area (Å²) in [6.07, 6.45) is -2.66. The molecule has 1 aliphatic carbocycles. The Labute approximate surface area is 205 Å². The predicted molar refractivity (Wildman–Crippen MR) is 128 cm³/mol. The molecule has 1 heterocycles. The number of carbonyl (C=O) groups excluding carboxylic acids is 3. The van der Waals surface area contributed by atoms with Crippen LogP contribution >= 0.6 is 0 Å². The summed E-state index contributed by atoms with van der Waals surface area (Å²) in [5.74, 6) is -2.02. The number of amides is 3. The summed E-state index contributed by atoms with van der Waals surface area (Å²) in [6, 6.07) is 20.5. The highest BCUT2D eigenvalue weighted by atomic mass is 19.4. The van der Waals surface area contributed by atoms with Gasteiger partial charge in [-0.1, -0.05) is 48.5 Å². The standard InChI is InChI=1S/C28H23F3N2O3/c29-28(30,31)23-11-4-5-12-24(23)32-25(34)19-9-6-10-20(15-19)33-26(35)21-14-13-18(16-22(21)27(33)36)17-7-2-1-3-8-17/h1-12,15,18,21-22H,13-14,16H2,(H,32,34)/t18-,21-,22-/m0/s1. The molecule has 3 aromatic rings. The molecule has 0 unspecified atom stereocenters. The summed E-state index contributed by atoms with van der Waals surface area (Å²) >= 11 is 0. The zero-order valence-electron chi connectivity index (χ0n) is 19.2. The topological polar surface area (TPSA) is 66.5 Å². The first-order chi connectivity index (χ1) is 17.2. The predicted octanol–water partition coefficient (Wildman–Crippen LogP) is 6.03. The number of hydrogen-bond acceptors (Lipinski definition) is 3. The van der Waals surface area contributed by atoms with E-state index in [2.05, 4.69) is 5.32 Å². The average Bonchev–Trinajstić information content (AvgIpc) is 3.13. The molecule has 1 aliphatic heterocycles. The molecular formula is C28H23F3N2O3. The van der Waals surface area contributed by atoms with Crippen LogP contribution in [0.15, 0.2) is 78.9 Å². The van der Waals surface area contributed by atoms with Crippen LogP contribution < -0.4 is 10.2 Å². The molecule has 0 bridgehead atoms. The Morgan fingerprint density at radius 3 is 2.28 bits per heavy atom. The van der Waals surface area contributed by atoms with Crippen molar-refractivity contribution in [1.29, 1.82) is 0 Å². The van der Waals surface area contributed by atoms with Crippen molar-refractivity contribution in [1.82, 2.24) is 0 Å². The number of imide groups is 1. The second-order valence-corrected chi connectivity index (χ2v) is 9.19. The van der Waals surface area contributed by atoms with Crippen LogP contribution in [0.1, 0.15) is 46.7 Å². The van der Waals surface area contributed by atoms with E-state index >= 15 is 0 Å². The van der Waals surface area contributed by atoms with Crippen LogP contribution in [0.5, 0.6) is 0 Å². The van der Waals surface area contributed by atoms with Gasteiger partial charge in [0.1, 0.15) is 0 Å². The third-order valence-electron chi connectivity index (χ3n) is 7.04. The van der Waals surface area contributed by atoms with Crippen molar-refractivity contribution in [2.75, 3.05) is 10.2 Å². The van der Waals surface area contributed by atoms with Gasteiger partial charge in [-0.3, -0.25) is 19.3 Å². The molecule has 36 heavy (non-hydrogen) atoms. The van der Waals surface area contributed by atoms with Crippen LogP contribution in [0.3, 0.4) is 0 Å². The number of para-hydroxylation sites is 1. The van der Waals surface area contributed by atoms with Gasteiger partial charge in [-0.15, -0.1) is 0 Å². The summed E-state index contributed by atoms with van der Waals surface area (Å²) in [7, 11) is 0. The van der Waals surface area contributed by atoms with Gasteiger partial charge in [0, 0.05) is 5.56 Å². The van der Waals surface area contributed by atoms with Crippen LogP contribution in [-0.2, 0) is 15.8 Å². The van der Waals surface area contributed by atoms with Gasteiger partial charge in [0.05, 0.1) is 28.8 Å². The summed E-state index contributed by atoms with van der Waals surface area (Å²) in [6.45, 7) is 0. The third kappa shape index (κ3) is 4.39. The molecule has 3 atom stereocenters. The summed E-state index contributed by atoms with van der Waals surface area (Å²) in [4.78, 5) is 40.5. The molecule has 0 aromatic heterocycles. The molecular weight excluding hydrogens is 469 g/mol. The van der Waals surface area contributed by atoms with E-state index in [0.29, 0.717) is 12.8 Å². The summed E-state index contributed by atoms with van der Waals surface area (Å²) < 4.78 is 39.9. The van der Waals surface area contributed by atoms with Gasteiger partial charge in [0.2, 0.25) is 11.8 Å². The molecule has 3 aromatic carbocycles. The van der Waals surface area contributed by atoms with Crippen molar-refractivity contribution in [2.45, 2.75) is 31.4 Å². The molecule has 5 nitrogen and oxygen atoms in total. The Hall–Kier alpha value is -3.94. The van der Waals surface area contributed by atoms with Gasteiger partial charge in [-0.2, -0.15) is 13.2 Å². The first-order valence-electron chi connectivity index (χ1n) is 11.7. The molecule has 8 heteroatoms. The van der Waals surface area contributed by atoms with Crippen LogP contribution in [-0.4, -0.2) is 17.7 Å². The number of benzene rings is 3. The van der Waals surface area contributed by atoms with Gasteiger partial charge in [-0.25, -0.2) is 0 Å². The average molecular weight is 492 g/mol. The third-order valence-corrected chi connectivity index (χ3v) is 7.04. The lowest BCUT2D eigenvalue weighted by atomic mass is 9.73. The smallest absolute Gasteiger partial charge is 0.321 e. The fourth-order valence-corrected chi connectivity index (χ4v) is 5.28. The van der Waals surface area contributed by atoms with Crippen molar-refractivity contribution >= 4 is 29.1 Å². The Bertz CT molecular complexity index is 1320. The van der Waals surface area contributed by atoms with Crippen molar-refractivity contribution in [3.8, 4) is 0 Å². The molecule has 5 rings (SSSR count). The molecule has 1 N–H and O–H groups in total. The second-order valence-electron chi connectivity index (χ2n) is 9.19. The summed E-state index contributed by atoms with van der Waals surface area (Å²) in [5.41, 5.74) is 0.102. The van der Waals surface area contributed by atoms with Crippen molar-refractivity contribution < 1.29 is 27.6 Å². The van der Waals surface area contributed by atoms with Crippen LogP contribution in [0.4, 0.5) is 24.5 Å². The van der Waals surface area contributed by atoms with E-state index in [1.165, 1.54) is 36.4 Å². The highest BCUT2D eigenvalue weighted by Gasteiger charge is 2.50. The largest absolute Gasteiger partial charge is 0.418 e. The normalized spacial score (nSPS) is 21.9. The lowest BCUT2D eigenvalue weighted by Gasteiger charge is -2.28. The fourth-order valence-electron chi connectivity index (χ4n) is 5.28. The van der Waals surface area contributed by atoms with E-state index < -0.39 is 29.5 Å². The Balaban J connectivity index is 1.37. The number of hydrogen-bond donors (Lipinski definition) is 1. The van der Waals surface area contributed by atoms with Crippen molar-refractivity contribution in [3.63, 3.8) is 0 Å². The number of halogens is 3. The Morgan fingerprint density at radius 1 is 0.833 bits per heavy atom. The minimum absolute atomic E-state index is 0.0436. The molecule has 1 saturated carbocycles. The minimum atomic E-state index is -4.63. The number of nitrogens with one attached hydrogen (secondary N) is 1. The van der Waals surface area contributed by atoms with Gasteiger partial charge in [0.15, 0.2) is 0 Å². The quantitative estimate of drug-likeness (QED) is 0.452. The van der Waals surface area contributed by atoms with Crippen LogP contribution in [0, 0.1) is 11.8 Å². The lowest BCUT2D eigenvalue weighted by Crippen LogP contribution is -2.31. The highest BCUT2D eigenvalue weighted by Crippen LogP contribution is 2.45. The number of carbonyl (C=O) groups is 3. The van der Waals surface area contributed by atoms with E-state index in [0.717, 1.165) is 23.0 Å². The molecule has 2 fully saturated rings. The highest BCUT2D eigenvalue weighted by molar-refractivity contribution is 6.22. The van der Waals surface area contributed by atoms with Gasteiger partial charge in [0.25, 0.3) is 5.91 Å². The van der Waals surface area contributed by atoms with Gasteiger partial charge >= 0.3 is 6.18 Å². The number of alkyl halides is 3. The first kappa shape index (κ1) is 23.8. The second kappa shape index (κ2) is 9.26. The van der Waals surface area contributed by atoms with E-state index in [4.69, 9.17) is 0 Å². The summed E-state index contributed by atoms with van der Waals surface area (Å²) in [5, 5.41) is 2.30. The molecule has 3 amide bonds. The van der Waals surface area contributed by atoms with Crippen LogP contribution in [0.2, 0.25) is 0 Å². The monoisotopic (exact) mass is 492 g/mol. The molecule has 0 radical (unpaired) electrons. The number of rotatable bonds is 4.